The van der Waals surface area contributed by atoms with Gasteiger partial charge in [-0.1, -0.05) is 11.8 Å². The van der Waals surface area contributed by atoms with Gasteiger partial charge in [0.25, 0.3) is 5.91 Å². The Kier molecular flexibility index (Phi) is 5.34. The van der Waals surface area contributed by atoms with Gasteiger partial charge in [0.2, 0.25) is 0 Å². The van der Waals surface area contributed by atoms with Crippen LogP contribution in [-0.2, 0) is 9.84 Å². The summed E-state index contributed by atoms with van der Waals surface area (Å²) in [6.07, 6.45) is 1.13. The average molecular weight is 286 g/mol. The number of sulfone groups is 1. The number of carbonyl (C=O) groups is 1. The van der Waals surface area contributed by atoms with Gasteiger partial charge in [-0.25, -0.2) is 8.42 Å². The largest absolute Gasteiger partial charge is 0.350 e. The Hall–Kier alpha value is -1.36. The van der Waals surface area contributed by atoms with Crippen LogP contribution in [0.2, 0.25) is 0 Å². The van der Waals surface area contributed by atoms with Crippen molar-refractivity contribution in [1.29, 1.82) is 0 Å². The van der Waals surface area contributed by atoms with Gasteiger partial charge in [-0.05, 0) is 12.1 Å². The van der Waals surface area contributed by atoms with Crippen molar-refractivity contribution in [2.75, 3.05) is 25.1 Å². The number of hydrogen-bond acceptors (Lipinski definition) is 5. The highest BCUT2D eigenvalue weighted by molar-refractivity contribution is 7.90. The van der Waals surface area contributed by atoms with Crippen LogP contribution in [0.25, 0.3) is 0 Å². The molecule has 0 radical (unpaired) electrons. The van der Waals surface area contributed by atoms with Gasteiger partial charge in [-0.3, -0.25) is 4.79 Å². The van der Waals surface area contributed by atoms with E-state index in [4.69, 9.17) is 5.73 Å². The van der Waals surface area contributed by atoms with E-state index in [9.17, 15) is 13.2 Å². The first-order valence-electron chi connectivity index (χ1n) is 5.17. The highest BCUT2D eigenvalue weighted by Crippen LogP contribution is 2.14. The molecule has 3 N–H and O–H groups in total. The van der Waals surface area contributed by atoms with E-state index in [2.05, 4.69) is 17.2 Å². The predicted molar refractivity (Wildman–Crippen MR) is 72.3 cm³/mol. The quantitative estimate of drug-likeness (QED) is 0.752. The highest BCUT2D eigenvalue weighted by atomic mass is 32.2. The monoisotopic (exact) mass is 286 g/mol. The Bertz CT molecular complexity index is 579. The second kappa shape index (κ2) is 6.54. The number of nitrogens with one attached hydrogen (secondary N) is 1. The van der Waals surface area contributed by atoms with Gasteiger partial charge in [0.15, 0.2) is 0 Å². The van der Waals surface area contributed by atoms with E-state index >= 15 is 0 Å². The van der Waals surface area contributed by atoms with Crippen LogP contribution in [0.5, 0.6) is 0 Å². The Morgan fingerprint density at radius 1 is 1.50 bits per heavy atom. The molecule has 0 bridgehead atoms. The van der Waals surface area contributed by atoms with E-state index in [1.165, 1.54) is 11.3 Å². The topological polar surface area (TPSA) is 89.3 Å². The summed E-state index contributed by atoms with van der Waals surface area (Å²) in [5.41, 5.74) is 5.24. The summed E-state index contributed by atoms with van der Waals surface area (Å²) in [5, 5.41) is 2.54. The summed E-state index contributed by atoms with van der Waals surface area (Å²) in [6.45, 7) is 0.382. The minimum atomic E-state index is -3.06. The zero-order valence-corrected chi connectivity index (χ0v) is 11.5. The molecule has 1 aromatic heterocycles. The van der Waals surface area contributed by atoms with Crippen molar-refractivity contribution in [3.63, 3.8) is 0 Å². The molecule has 0 atom stereocenters. The molecule has 0 aliphatic carbocycles. The van der Waals surface area contributed by atoms with Crippen LogP contribution < -0.4 is 11.1 Å². The lowest BCUT2D eigenvalue weighted by molar-refractivity contribution is 0.0960. The molecular formula is C11H14N2O3S2. The number of rotatable bonds is 4. The predicted octanol–water partition coefficient (Wildman–Crippen LogP) is -0.167. The van der Waals surface area contributed by atoms with Gasteiger partial charge in [0.05, 0.1) is 22.1 Å². The molecule has 5 nitrogen and oxygen atoms in total. The molecule has 0 saturated heterocycles. The first kappa shape index (κ1) is 14.7. The van der Waals surface area contributed by atoms with Crippen LogP contribution >= 0.6 is 11.3 Å². The number of carbonyl (C=O) groups excluding carboxylic acids is 1. The van der Waals surface area contributed by atoms with Crippen LogP contribution in [0.4, 0.5) is 0 Å². The van der Waals surface area contributed by atoms with Crippen LogP contribution in [0.1, 0.15) is 14.5 Å². The molecule has 98 valence electrons. The van der Waals surface area contributed by atoms with Gasteiger partial charge < -0.3 is 11.1 Å². The summed E-state index contributed by atoms with van der Waals surface area (Å²) >= 11 is 1.25. The van der Waals surface area contributed by atoms with Crippen molar-refractivity contribution in [3.05, 3.63) is 21.9 Å². The Balaban J connectivity index is 2.54. The maximum Gasteiger partial charge on any atom is 0.261 e. The molecule has 1 rings (SSSR count). The van der Waals surface area contributed by atoms with Crippen LogP contribution in [0.15, 0.2) is 12.1 Å². The number of nitrogens with two attached hydrogens (primary N) is 1. The molecule has 0 aliphatic rings. The van der Waals surface area contributed by atoms with Gasteiger partial charge in [-0.2, -0.15) is 0 Å². The van der Waals surface area contributed by atoms with Crippen molar-refractivity contribution in [2.24, 2.45) is 5.73 Å². The van der Waals surface area contributed by atoms with Gasteiger partial charge in [0.1, 0.15) is 9.84 Å². The first-order valence-corrected chi connectivity index (χ1v) is 8.05. The second-order valence-corrected chi connectivity index (χ2v) is 6.90. The summed E-state index contributed by atoms with van der Waals surface area (Å²) in [4.78, 5) is 12.9. The minimum Gasteiger partial charge on any atom is -0.350 e. The fourth-order valence-electron chi connectivity index (χ4n) is 1.10. The molecule has 1 heterocycles. The maximum atomic E-state index is 11.6. The van der Waals surface area contributed by atoms with E-state index in [1.807, 2.05) is 0 Å². The van der Waals surface area contributed by atoms with Crippen molar-refractivity contribution in [3.8, 4) is 11.8 Å². The second-order valence-electron chi connectivity index (χ2n) is 3.56. The number of hydrogen-bond donors (Lipinski definition) is 2. The third-order valence-corrected chi connectivity index (χ3v) is 3.85. The van der Waals surface area contributed by atoms with Gasteiger partial charge in [-0.15, -0.1) is 11.3 Å². The summed E-state index contributed by atoms with van der Waals surface area (Å²) < 4.78 is 21.8. The Morgan fingerprint density at radius 2 is 2.22 bits per heavy atom. The molecule has 0 aliphatic heterocycles. The fraction of sp³-hybridized carbons (Fsp3) is 0.364. The minimum absolute atomic E-state index is 0.0655. The molecule has 0 aromatic carbocycles. The van der Waals surface area contributed by atoms with Crippen LogP contribution in [0, 0.1) is 11.8 Å². The zero-order chi connectivity index (χ0) is 13.6. The highest BCUT2D eigenvalue weighted by Gasteiger charge is 2.09. The molecule has 7 heteroatoms. The molecule has 0 fully saturated rings. The molecule has 0 unspecified atom stereocenters. The van der Waals surface area contributed by atoms with Crippen molar-refractivity contribution >= 4 is 27.1 Å². The fourth-order valence-corrected chi connectivity index (χ4v) is 2.37. The third kappa shape index (κ3) is 5.31. The smallest absolute Gasteiger partial charge is 0.261 e. The maximum absolute atomic E-state index is 11.6. The van der Waals surface area contributed by atoms with Crippen LogP contribution in [-0.4, -0.2) is 39.4 Å². The van der Waals surface area contributed by atoms with Gasteiger partial charge >= 0.3 is 0 Å². The number of thiophene rings is 1. The first-order chi connectivity index (χ1) is 8.42. The van der Waals surface area contributed by atoms with Crippen molar-refractivity contribution in [2.45, 2.75) is 0 Å². The number of amides is 1. The molecule has 1 amide bonds. The average Bonchev–Trinajstić information content (AvgIpc) is 2.73. The van der Waals surface area contributed by atoms with E-state index in [0.29, 0.717) is 4.88 Å². The SMILES string of the molecule is CS(=O)(=O)CCNC(=O)c1ccc(C#CCN)s1. The van der Waals surface area contributed by atoms with Crippen molar-refractivity contribution in [1.82, 2.24) is 5.32 Å². The lowest BCUT2D eigenvalue weighted by Crippen LogP contribution is -2.28. The van der Waals surface area contributed by atoms with E-state index in [0.717, 1.165) is 11.1 Å². The molecular weight excluding hydrogens is 272 g/mol. The van der Waals surface area contributed by atoms with Gasteiger partial charge in [0, 0.05) is 12.8 Å². The molecule has 1 aromatic rings. The molecule has 18 heavy (non-hydrogen) atoms. The molecule has 0 saturated carbocycles. The standard InChI is InChI=1S/C11H14N2O3S2/c1-18(15,16)8-7-13-11(14)10-5-4-9(17-10)3-2-6-12/h4-5H,6-8,12H2,1H3,(H,13,14). The lowest BCUT2D eigenvalue weighted by Gasteiger charge is -2.01. The Morgan fingerprint density at radius 3 is 2.83 bits per heavy atom. The van der Waals surface area contributed by atoms with E-state index < -0.39 is 9.84 Å². The third-order valence-electron chi connectivity index (χ3n) is 1.90. The summed E-state index contributed by atoms with van der Waals surface area (Å²) in [5.74, 6) is 5.17. The van der Waals surface area contributed by atoms with Crippen molar-refractivity contribution < 1.29 is 13.2 Å². The van der Waals surface area contributed by atoms with E-state index in [1.54, 1.807) is 12.1 Å². The van der Waals surface area contributed by atoms with E-state index in [-0.39, 0.29) is 24.7 Å². The molecule has 0 spiro atoms. The zero-order valence-electron chi connectivity index (χ0n) is 9.89. The van der Waals surface area contributed by atoms with Crippen LogP contribution in [0.3, 0.4) is 0 Å². The Labute approximate surface area is 110 Å². The lowest BCUT2D eigenvalue weighted by atomic mass is 10.4. The normalized spacial score (nSPS) is 10.6. The summed E-state index contributed by atoms with van der Waals surface area (Å²) in [6, 6.07) is 3.39. The summed E-state index contributed by atoms with van der Waals surface area (Å²) in [7, 11) is -3.06.